The molecule has 0 bridgehead atoms. The van der Waals surface area contributed by atoms with Crippen molar-refractivity contribution in [3.8, 4) is 5.75 Å². The zero-order valence-electron chi connectivity index (χ0n) is 13.6. The van der Waals surface area contributed by atoms with E-state index in [0.29, 0.717) is 35.5 Å². The second-order valence-electron chi connectivity index (χ2n) is 5.02. The van der Waals surface area contributed by atoms with Gasteiger partial charge in [-0.3, -0.25) is 9.59 Å². The lowest BCUT2D eigenvalue weighted by Crippen LogP contribution is -2.30. The van der Waals surface area contributed by atoms with Crippen LogP contribution >= 0.6 is 23.4 Å². The summed E-state index contributed by atoms with van der Waals surface area (Å²) in [6.07, 6.45) is 0. The fourth-order valence-corrected chi connectivity index (χ4v) is 2.55. The number of thioether (sulfide) groups is 1. The highest BCUT2D eigenvalue weighted by Gasteiger charge is 2.08. The number of carbonyl (C=O) groups excluding carboxylic acids is 2. The van der Waals surface area contributed by atoms with Crippen molar-refractivity contribution in [2.45, 2.75) is 6.92 Å². The number of benzene rings is 1. The predicted octanol–water partition coefficient (Wildman–Crippen LogP) is 2.50. The second kappa shape index (κ2) is 9.95. The molecule has 25 heavy (non-hydrogen) atoms. The molecule has 7 nitrogen and oxygen atoms in total. The lowest BCUT2D eigenvalue weighted by Gasteiger charge is -2.07. The zero-order chi connectivity index (χ0) is 18.1. The number of nitrogens with zero attached hydrogens (tertiary/aromatic N) is 1. The van der Waals surface area contributed by atoms with E-state index in [2.05, 4.69) is 15.8 Å². The molecule has 0 aliphatic rings. The first-order valence-corrected chi connectivity index (χ1v) is 9.02. The maximum atomic E-state index is 11.7. The van der Waals surface area contributed by atoms with Crippen LogP contribution in [0.1, 0.15) is 5.76 Å². The number of halogens is 1. The summed E-state index contributed by atoms with van der Waals surface area (Å²) in [5.41, 5.74) is 0. The van der Waals surface area contributed by atoms with E-state index in [0.717, 1.165) is 0 Å². The standard InChI is InChI=1S/C16H18ClN3O4S/c1-11-8-14(20-24-11)19-16(22)10-25-9-15(21)18-6-7-23-13-4-2-12(17)3-5-13/h2-5,8H,6-7,9-10H2,1H3,(H,18,21)(H,19,20,22). The number of aryl methyl sites for hydroxylation is 1. The van der Waals surface area contributed by atoms with Crippen molar-refractivity contribution in [3.05, 3.63) is 41.1 Å². The first-order valence-electron chi connectivity index (χ1n) is 7.49. The molecule has 2 aromatic rings. The van der Waals surface area contributed by atoms with Crippen LogP contribution in [0.4, 0.5) is 5.82 Å². The average molecular weight is 384 g/mol. The number of rotatable bonds is 9. The highest BCUT2D eigenvalue weighted by atomic mass is 35.5. The Bertz CT molecular complexity index is 706. The molecular formula is C16H18ClN3O4S. The summed E-state index contributed by atoms with van der Waals surface area (Å²) >= 11 is 6.99. The number of hydrogen-bond acceptors (Lipinski definition) is 6. The molecule has 0 unspecified atom stereocenters. The maximum Gasteiger partial charge on any atom is 0.235 e. The number of hydrogen-bond donors (Lipinski definition) is 2. The maximum absolute atomic E-state index is 11.7. The number of anilines is 1. The lowest BCUT2D eigenvalue weighted by atomic mass is 10.3. The third kappa shape index (κ3) is 7.49. The molecule has 0 atom stereocenters. The Morgan fingerprint density at radius 3 is 2.64 bits per heavy atom. The summed E-state index contributed by atoms with van der Waals surface area (Å²) < 4.78 is 10.3. The molecular weight excluding hydrogens is 366 g/mol. The molecule has 2 rings (SSSR count). The highest BCUT2D eigenvalue weighted by molar-refractivity contribution is 8.00. The van der Waals surface area contributed by atoms with Crippen LogP contribution in [0.15, 0.2) is 34.9 Å². The van der Waals surface area contributed by atoms with Crippen LogP contribution in [0.5, 0.6) is 5.75 Å². The second-order valence-corrected chi connectivity index (χ2v) is 6.44. The molecule has 0 spiro atoms. The van der Waals surface area contributed by atoms with Gasteiger partial charge in [-0.15, -0.1) is 11.8 Å². The molecule has 134 valence electrons. The first kappa shape index (κ1) is 19.1. The highest BCUT2D eigenvalue weighted by Crippen LogP contribution is 2.15. The van der Waals surface area contributed by atoms with Crippen LogP contribution in [0, 0.1) is 6.92 Å². The van der Waals surface area contributed by atoms with Gasteiger partial charge in [-0.25, -0.2) is 0 Å². The number of aromatic nitrogens is 1. The van der Waals surface area contributed by atoms with Crippen molar-refractivity contribution in [2.75, 3.05) is 30.0 Å². The topological polar surface area (TPSA) is 93.5 Å². The van der Waals surface area contributed by atoms with Gasteiger partial charge in [0.1, 0.15) is 18.1 Å². The fourth-order valence-electron chi connectivity index (χ4n) is 1.78. The van der Waals surface area contributed by atoms with Gasteiger partial charge in [0.05, 0.1) is 18.1 Å². The molecule has 0 saturated carbocycles. The van der Waals surface area contributed by atoms with Crippen molar-refractivity contribution in [1.82, 2.24) is 10.5 Å². The SMILES string of the molecule is Cc1cc(NC(=O)CSCC(=O)NCCOc2ccc(Cl)cc2)no1. The van der Waals surface area contributed by atoms with Crippen molar-refractivity contribution >= 4 is 41.0 Å². The van der Waals surface area contributed by atoms with Crippen molar-refractivity contribution < 1.29 is 18.8 Å². The first-order chi connectivity index (χ1) is 12.0. The Labute approximate surface area is 154 Å². The van der Waals surface area contributed by atoms with Gasteiger partial charge in [0.2, 0.25) is 11.8 Å². The third-order valence-electron chi connectivity index (χ3n) is 2.87. The van der Waals surface area contributed by atoms with E-state index >= 15 is 0 Å². The van der Waals surface area contributed by atoms with E-state index in [1.54, 1.807) is 37.3 Å². The van der Waals surface area contributed by atoms with Crippen molar-refractivity contribution in [2.24, 2.45) is 0 Å². The molecule has 0 radical (unpaired) electrons. The molecule has 9 heteroatoms. The quantitative estimate of drug-likeness (QED) is 0.646. The van der Waals surface area contributed by atoms with Gasteiger partial charge in [0, 0.05) is 11.1 Å². The smallest absolute Gasteiger partial charge is 0.235 e. The van der Waals surface area contributed by atoms with E-state index in [-0.39, 0.29) is 23.3 Å². The molecule has 1 heterocycles. The van der Waals surface area contributed by atoms with Gasteiger partial charge in [0.25, 0.3) is 0 Å². The van der Waals surface area contributed by atoms with E-state index < -0.39 is 0 Å². The van der Waals surface area contributed by atoms with Gasteiger partial charge in [-0.05, 0) is 31.2 Å². The van der Waals surface area contributed by atoms with Crippen LogP contribution in [0.2, 0.25) is 5.02 Å². The lowest BCUT2D eigenvalue weighted by molar-refractivity contribution is -0.118. The van der Waals surface area contributed by atoms with Crippen LogP contribution in [0.25, 0.3) is 0 Å². The summed E-state index contributed by atoms with van der Waals surface area (Å²) in [7, 11) is 0. The van der Waals surface area contributed by atoms with E-state index in [4.69, 9.17) is 20.9 Å². The Hall–Kier alpha value is -2.19. The van der Waals surface area contributed by atoms with Crippen LogP contribution < -0.4 is 15.4 Å². The van der Waals surface area contributed by atoms with Gasteiger partial charge in [-0.1, -0.05) is 16.8 Å². The normalized spacial score (nSPS) is 10.3. The van der Waals surface area contributed by atoms with Crippen LogP contribution in [-0.4, -0.2) is 41.6 Å². The summed E-state index contributed by atoms with van der Waals surface area (Å²) in [4.78, 5) is 23.3. The van der Waals surface area contributed by atoms with Crippen molar-refractivity contribution in [1.29, 1.82) is 0 Å². The van der Waals surface area contributed by atoms with Gasteiger partial charge in [0.15, 0.2) is 5.82 Å². The van der Waals surface area contributed by atoms with E-state index in [1.165, 1.54) is 11.8 Å². The van der Waals surface area contributed by atoms with Crippen LogP contribution in [0.3, 0.4) is 0 Å². The third-order valence-corrected chi connectivity index (χ3v) is 4.05. The molecule has 2 amide bonds. The monoisotopic (exact) mass is 383 g/mol. The Kier molecular flexibility index (Phi) is 7.62. The fraction of sp³-hybridized carbons (Fsp3) is 0.312. The van der Waals surface area contributed by atoms with Crippen LogP contribution in [-0.2, 0) is 9.59 Å². The summed E-state index contributed by atoms with van der Waals surface area (Å²) in [5, 5.41) is 9.61. The Morgan fingerprint density at radius 2 is 1.96 bits per heavy atom. The summed E-state index contributed by atoms with van der Waals surface area (Å²) in [6, 6.07) is 8.61. The van der Waals surface area contributed by atoms with Crippen molar-refractivity contribution in [3.63, 3.8) is 0 Å². The minimum absolute atomic E-state index is 0.153. The van der Waals surface area contributed by atoms with E-state index in [9.17, 15) is 9.59 Å². The molecule has 0 saturated heterocycles. The molecule has 0 fully saturated rings. The number of carbonyl (C=O) groups is 2. The minimum atomic E-state index is -0.239. The molecule has 0 aliphatic heterocycles. The molecule has 2 N–H and O–H groups in total. The molecule has 0 aliphatic carbocycles. The largest absolute Gasteiger partial charge is 0.492 e. The number of amides is 2. The van der Waals surface area contributed by atoms with Gasteiger partial charge in [-0.2, -0.15) is 0 Å². The Morgan fingerprint density at radius 1 is 1.24 bits per heavy atom. The average Bonchev–Trinajstić information content (AvgIpc) is 2.98. The number of ether oxygens (including phenoxy) is 1. The zero-order valence-corrected chi connectivity index (χ0v) is 15.2. The van der Waals surface area contributed by atoms with Gasteiger partial charge >= 0.3 is 0 Å². The summed E-state index contributed by atoms with van der Waals surface area (Å²) in [6.45, 7) is 2.47. The molecule has 1 aromatic carbocycles. The molecule has 1 aromatic heterocycles. The van der Waals surface area contributed by atoms with E-state index in [1.807, 2.05) is 0 Å². The van der Waals surface area contributed by atoms with Gasteiger partial charge < -0.3 is 19.9 Å². The Balaban J connectivity index is 1.53. The number of nitrogens with one attached hydrogen (secondary N) is 2. The predicted molar refractivity (Wildman–Crippen MR) is 97.2 cm³/mol. The minimum Gasteiger partial charge on any atom is -0.492 e. The summed E-state index contributed by atoms with van der Waals surface area (Å²) in [5.74, 6) is 1.61.